The molecule has 0 aromatic rings. The number of likely N-dealkylation sites (tertiary alicyclic amines) is 1. The van der Waals surface area contributed by atoms with Gasteiger partial charge in [0.15, 0.2) is 0 Å². The van der Waals surface area contributed by atoms with Crippen molar-refractivity contribution in [3.8, 4) is 0 Å². The van der Waals surface area contributed by atoms with Gasteiger partial charge in [-0.25, -0.2) is 0 Å². The lowest BCUT2D eigenvalue weighted by atomic mass is 9.83. The van der Waals surface area contributed by atoms with E-state index in [4.69, 9.17) is 5.73 Å². The second-order valence-corrected chi connectivity index (χ2v) is 4.93. The molecule has 1 aliphatic heterocycles. The van der Waals surface area contributed by atoms with Crippen LogP contribution in [0.3, 0.4) is 0 Å². The fourth-order valence-electron chi connectivity index (χ4n) is 3.35. The van der Waals surface area contributed by atoms with Crippen molar-refractivity contribution in [1.82, 2.24) is 4.90 Å². The van der Waals surface area contributed by atoms with E-state index < -0.39 is 0 Å². The summed E-state index contributed by atoms with van der Waals surface area (Å²) in [6.45, 7) is 3.27. The van der Waals surface area contributed by atoms with Crippen LogP contribution in [0, 0.1) is 5.92 Å². The van der Waals surface area contributed by atoms with Crippen LogP contribution >= 0.6 is 0 Å². The van der Waals surface area contributed by atoms with Gasteiger partial charge in [0, 0.05) is 19.1 Å². The van der Waals surface area contributed by atoms with Gasteiger partial charge in [-0.1, -0.05) is 19.3 Å². The van der Waals surface area contributed by atoms with Crippen LogP contribution in [0.5, 0.6) is 0 Å². The highest BCUT2D eigenvalue weighted by Crippen LogP contribution is 2.33. The van der Waals surface area contributed by atoms with Crippen molar-refractivity contribution in [2.45, 2.75) is 51.0 Å². The Morgan fingerprint density at radius 2 is 1.79 bits per heavy atom. The van der Waals surface area contributed by atoms with Crippen molar-refractivity contribution in [2.75, 3.05) is 19.6 Å². The molecule has 1 atom stereocenters. The summed E-state index contributed by atoms with van der Waals surface area (Å²) in [5, 5.41) is 0. The summed E-state index contributed by atoms with van der Waals surface area (Å²) in [7, 11) is 0. The molecular formula is C12H24N2. The van der Waals surface area contributed by atoms with Gasteiger partial charge < -0.3 is 5.73 Å². The third-order valence-electron chi connectivity index (χ3n) is 4.02. The first-order valence-corrected chi connectivity index (χ1v) is 6.36. The molecule has 14 heavy (non-hydrogen) atoms. The predicted molar refractivity (Wildman–Crippen MR) is 60.2 cm³/mol. The minimum Gasteiger partial charge on any atom is -0.329 e. The van der Waals surface area contributed by atoms with Crippen molar-refractivity contribution >= 4 is 0 Å². The average molecular weight is 196 g/mol. The lowest BCUT2D eigenvalue weighted by Crippen LogP contribution is -2.39. The molecule has 2 fully saturated rings. The maximum absolute atomic E-state index is 5.66. The Balaban J connectivity index is 1.87. The monoisotopic (exact) mass is 196 g/mol. The highest BCUT2D eigenvalue weighted by atomic mass is 15.2. The minimum atomic E-state index is 0.837. The maximum atomic E-state index is 5.66. The van der Waals surface area contributed by atoms with E-state index in [1.807, 2.05) is 0 Å². The maximum Gasteiger partial charge on any atom is 0.0124 e. The molecule has 0 amide bonds. The smallest absolute Gasteiger partial charge is 0.0124 e. The van der Waals surface area contributed by atoms with Crippen LogP contribution in [0.15, 0.2) is 0 Å². The molecule has 2 nitrogen and oxygen atoms in total. The first-order chi connectivity index (χ1) is 6.92. The minimum absolute atomic E-state index is 0.837. The zero-order valence-corrected chi connectivity index (χ0v) is 9.25. The van der Waals surface area contributed by atoms with Crippen LogP contribution in [0.25, 0.3) is 0 Å². The molecule has 1 heterocycles. The molecule has 2 aliphatic rings. The van der Waals surface area contributed by atoms with Gasteiger partial charge in [0.05, 0.1) is 0 Å². The SMILES string of the molecule is NCCN1CCCC1C1CCCCC1. The van der Waals surface area contributed by atoms with Crippen LogP contribution in [0.1, 0.15) is 44.9 Å². The number of nitrogens with zero attached hydrogens (tertiary/aromatic N) is 1. The number of rotatable bonds is 3. The zero-order chi connectivity index (χ0) is 9.80. The van der Waals surface area contributed by atoms with Crippen molar-refractivity contribution in [1.29, 1.82) is 0 Å². The third kappa shape index (κ3) is 2.29. The molecule has 82 valence electrons. The third-order valence-corrected chi connectivity index (χ3v) is 4.02. The summed E-state index contributed by atoms with van der Waals surface area (Å²) in [6, 6.07) is 0.888. The van der Waals surface area contributed by atoms with E-state index in [9.17, 15) is 0 Å². The van der Waals surface area contributed by atoms with E-state index in [1.54, 1.807) is 0 Å². The van der Waals surface area contributed by atoms with E-state index in [2.05, 4.69) is 4.90 Å². The highest BCUT2D eigenvalue weighted by Gasteiger charge is 2.31. The quantitative estimate of drug-likeness (QED) is 0.748. The normalized spacial score (nSPS) is 31.1. The average Bonchev–Trinajstić information content (AvgIpc) is 2.68. The Kier molecular flexibility index (Phi) is 3.82. The molecular weight excluding hydrogens is 172 g/mol. The van der Waals surface area contributed by atoms with Gasteiger partial charge in [-0.15, -0.1) is 0 Å². The molecule has 0 spiro atoms. The van der Waals surface area contributed by atoms with Crippen LogP contribution in [-0.2, 0) is 0 Å². The summed E-state index contributed by atoms with van der Waals surface area (Å²) in [5.41, 5.74) is 5.66. The van der Waals surface area contributed by atoms with E-state index in [0.29, 0.717) is 0 Å². The first kappa shape index (κ1) is 10.4. The Bertz CT molecular complexity index is 164. The number of nitrogens with two attached hydrogens (primary N) is 1. The van der Waals surface area contributed by atoms with E-state index in [-0.39, 0.29) is 0 Å². The van der Waals surface area contributed by atoms with E-state index in [0.717, 1.165) is 25.0 Å². The number of hydrogen-bond acceptors (Lipinski definition) is 2. The molecule has 1 saturated carbocycles. The Morgan fingerprint density at radius 3 is 2.50 bits per heavy atom. The Hall–Kier alpha value is -0.0800. The summed E-state index contributed by atoms with van der Waals surface area (Å²) < 4.78 is 0. The summed E-state index contributed by atoms with van der Waals surface area (Å²) >= 11 is 0. The van der Waals surface area contributed by atoms with Crippen LogP contribution in [0.2, 0.25) is 0 Å². The molecule has 0 aromatic carbocycles. The number of hydrogen-bond donors (Lipinski definition) is 1. The molecule has 0 aromatic heterocycles. The van der Waals surface area contributed by atoms with Crippen molar-refractivity contribution in [3.05, 3.63) is 0 Å². The van der Waals surface area contributed by atoms with E-state index >= 15 is 0 Å². The highest BCUT2D eigenvalue weighted by molar-refractivity contribution is 4.86. The fraction of sp³-hybridized carbons (Fsp3) is 1.00. The molecule has 0 radical (unpaired) electrons. The van der Waals surface area contributed by atoms with Gasteiger partial charge in [0.1, 0.15) is 0 Å². The molecule has 0 bridgehead atoms. The molecule has 2 rings (SSSR count). The van der Waals surface area contributed by atoms with Gasteiger partial charge in [-0.05, 0) is 38.1 Å². The fourth-order valence-corrected chi connectivity index (χ4v) is 3.35. The Morgan fingerprint density at radius 1 is 1.00 bits per heavy atom. The van der Waals surface area contributed by atoms with Crippen LogP contribution in [0.4, 0.5) is 0 Å². The second-order valence-electron chi connectivity index (χ2n) is 4.93. The summed E-state index contributed by atoms with van der Waals surface area (Å²) in [5.74, 6) is 0.998. The summed E-state index contributed by atoms with van der Waals surface area (Å²) in [6.07, 6.45) is 10.2. The first-order valence-electron chi connectivity index (χ1n) is 6.36. The van der Waals surface area contributed by atoms with Gasteiger partial charge >= 0.3 is 0 Å². The predicted octanol–water partition coefficient (Wildman–Crippen LogP) is 1.99. The summed E-state index contributed by atoms with van der Waals surface area (Å²) in [4.78, 5) is 2.65. The van der Waals surface area contributed by atoms with Crippen molar-refractivity contribution < 1.29 is 0 Å². The topological polar surface area (TPSA) is 29.3 Å². The van der Waals surface area contributed by atoms with Crippen LogP contribution in [-0.4, -0.2) is 30.6 Å². The van der Waals surface area contributed by atoms with Crippen molar-refractivity contribution in [3.63, 3.8) is 0 Å². The van der Waals surface area contributed by atoms with Gasteiger partial charge in [-0.2, -0.15) is 0 Å². The molecule has 1 unspecified atom stereocenters. The zero-order valence-electron chi connectivity index (χ0n) is 9.25. The van der Waals surface area contributed by atoms with Crippen LogP contribution < -0.4 is 5.73 Å². The second kappa shape index (κ2) is 5.13. The van der Waals surface area contributed by atoms with Gasteiger partial charge in [-0.3, -0.25) is 4.90 Å². The Labute approximate surface area is 87.8 Å². The lowest BCUT2D eigenvalue weighted by Gasteiger charge is -2.33. The van der Waals surface area contributed by atoms with Gasteiger partial charge in [0.25, 0.3) is 0 Å². The standard InChI is InChI=1S/C12H24N2/c13-8-10-14-9-4-7-12(14)11-5-2-1-3-6-11/h11-12H,1-10,13H2. The molecule has 2 heteroatoms. The molecule has 1 saturated heterocycles. The van der Waals surface area contributed by atoms with E-state index in [1.165, 1.54) is 51.5 Å². The molecule has 1 aliphatic carbocycles. The van der Waals surface area contributed by atoms with Crippen molar-refractivity contribution in [2.24, 2.45) is 11.7 Å². The lowest BCUT2D eigenvalue weighted by molar-refractivity contribution is 0.161. The largest absolute Gasteiger partial charge is 0.329 e. The molecule has 2 N–H and O–H groups in total. The van der Waals surface area contributed by atoms with Gasteiger partial charge in [0.2, 0.25) is 0 Å².